The van der Waals surface area contributed by atoms with Crippen LogP contribution in [-0.2, 0) is 9.59 Å². The molecule has 1 unspecified atom stereocenters. The van der Waals surface area contributed by atoms with Crippen molar-refractivity contribution in [3.63, 3.8) is 0 Å². The van der Waals surface area contributed by atoms with Gasteiger partial charge in [0.25, 0.3) is 11.8 Å². The van der Waals surface area contributed by atoms with Crippen LogP contribution in [0.15, 0.2) is 138 Å². The Kier molecular flexibility index (Phi) is 10.9. The number of nitrogens with one attached hydrogen (secondary N) is 3. The van der Waals surface area contributed by atoms with Crippen molar-refractivity contribution in [3.05, 3.63) is 166 Å². The number of halogens is 3. The Morgan fingerprint density at radius 3 is 2.00 bits per heavy atom. The van der Waals surface area contributed by atoms with Crippen LogP contribution >= 0.6 is 35.0 Å². The number of carbonyl (C=O) groups is 3. The quantitative estimate of drug-likeness (QED) is 0.102. The fourth-order valence-corrected chi connectivity index (χ4v) is 5.63. The first-order valence-electron chi connectivity index (χ1n) is 14.0. The number of carbonyl (C=O) groups excluding carboxylic acids is 3. The third-order valence-electron chi connectivity index (χ3n) is 6.60. The number of hydrogen-bond donors (Lipinski definition) is 3. The van der Waals surface area contributed by atoms with Crippen molar-refractivity contribution in [1.82, 2.24) is 5.32 Å². The van der Waals surface area contributed by atoms with E-state index in [1.54, 1.807) is 84.9 Å². The van der Waals surface area contributed by atoms with Gasteiger partial charge in [0.1, 0.15) is 16.8 Å². The lowest BCUT2D eigenvalue weighted by atomic mass is 10.1. The van der Waals surface area contributed by atoms with Gasteiger partial charge in [-0.25, -0.2) is 4.39 Å². The number of rotatable bonds is 10. The fraction of sp³-hybridized carbons (Fsp3) is 0.0278. The number of amides is 3. The first-order valence-corrected chi connectivity index (χ1v) is 15.6. The SMILES string of the molecule is O=C(Nc1ccc(SC(C(=O)Nc2ccc(F)c(Cl)c2)c2ccccc2)cc1)/C(=C/c1ccc(Cl)cc1)NC(=O)c1ccccc1. The monoisotopic (exact) mass is 669 g/mol. The van der Waals surface area contributed by atoms with E-state index in [4.69, 9.17) is 23.2 Å². The number of anilines is 2. The van der Waals surface area contributed by atoms with E-state index in [2.05, 4.69) is 16.0 Å². The highest BCUT2D eigenvalue weighted by Gasteiger charge is 2.23. The summed E-state index contributed by atoms with van der Waals surface area (Å²) in [6, 6.07) is 35.7. The summed E-state index contributed by atoms with van der Waals surface area (Å²) in [6.45, 7) is 0. The van der Waals surface area contributed by atoms with Gasteiger partial charge in [-0.2, -0.15) is 0 Å². The Morgan fingerprint density at radius 1 is 0.717 bits per heavy atom. The third kappa shape index (κ3) is 8.85. The highest BCUT2D eigenvalue weighted by Crippen LogP contribution is 2.37. The van der Waals surface area contributed by atoms with Crippen LogP contribution in [0.1, 0.15) is 26.7 Å². The zero-order valence-electron chi connectivity index (χ0n) is 24.0. The average Bonchev–Trinajstić information content (AvgIpc) is 3.07. The molecule has 46 heavy (non-hydrogen) atoms. The van der Waals surface area contributed by atoms with E-state index in [0.29, 0.717) is 27.5 Å². The molecule has 5 rings (SSSR count). The second-order valence-corrected chi connectivity index (χ2v) is 12.0. The Balaban J connectivity index is 1.32. The minimum Gasteiger partial charge on any atom is -0.325 e. The van der Waals surface area contributed by atoms with Crippen LogP contribution in [0.2, 0.25) is 10.0 Å². The standard InChI is InChI=1S/C36H26Cl2FN3O3S/c37-26-13-11-23(12-14-26)21-32(42-34(43)25-9-5-2-6-10-25)35(44)40-27-15-18-29(19-16-27)46-33(24-7-3-1-4-8-24)36(45)41-28-17-20-31(39)30(38)22-28/h1-22,33H,(H,40,44)(H,41,45)(H,42,43)/b32-21-. The maximum Gasteiger partial charge on any atom is 0.272 e. The molecule has 1 atom stereocenters. The van der Waals surface area contributed by atoms with Crippen LogP contribution in [0.4, 0.5) is 15.8 Å². The Bertz CT molecular complexity index is 1870. The van der Waals surface area contributed by atoms with Crippen LogP contribution in [0.25, 0.3) is 6.08 Å². The molecule has 0 heterocycles. The van der Waals surface area contributed by atoms with Crippen molar-refractivity contribution in [2.24, 2.45) is 0 Å². The Labute approximate surface area is 279 Å². The molecule has 5 aromatic rings. The molecule has 6 nitrogen and oxygen atoms in total. The highest BCUT2D eigenvalue weighted by molar-refractivity contribution is 8.00. The first-order chi connectivity index (χ1) is 22.2. The number of benzene rings is 5. The van der Waals surface area contributed by atoms with Gasteiger partial charge in [0.15, 0.2) is 0 Å². The topological polar surface area (TPSA) is 87.3 Å². The molecule has 0 radical (unpaired) electrons. The van der Waals surface area contributed by atoms with Crippen LogP contribution in [0.5, 0.6) is 0 Å². The van der Waals surface area contributed by atoms with Crippen molar-refractivity contribution in [1.29, 1.82) is 0 Å². The van der Waals surface area contributed by atoms with Crippen molar-refractivity contribution in [2.45, 2.75) is 10.1 Å². The van der Waals surface area contributed by atoms with Crippen LogP contribution < -0.4 is 16.0 Å². The summed E-state index contributed by atoms with van der Waals surface area (Å²) < 4.78 is 13.6. The minimum absolute atomic E-state index is 0.0383. The zero-order chi connectivity index (χ0) is 32.5. The summed E-state index contributed by atoms with van der Waals surface area (Å²) in [5, 5.41) is 8.16. The Hall–Kier alpha value is -4.89. The Morgan fingerprint density at radius 2 is 1.35 bits per heavy atom. The molecule has 0 aliphatic carbocycles. The van der Waals surface area contributed by atoms with Gasteiger partial charge in [0.2, 0.25) is 5.91 Å². The third-order valence-corrected chi connectivity index (χ3v) is 8.41. The summed E-state index contributed by atoms with van der Waals surface area (Å²) in [5.74, 6) is -1.86. The summed E-state index contributed by atoms with van der Waals surface area (Å²) in [6.07, 6.45) is 1.56. The molecule has 0 saturated heterocycles. The summed E-state index contributed by atoms with van der Waals surface area (Å²) in [4.78, 5) is 40.5. The van der Waals surface area contributed by atoms with Crippen LogP contribution in [-0.4, -0.2) is 17.7 Å². The molecule has 10 heteroatoms. The molecule has 3 amide bonds. The van der Waals surface area contributed by atoms with E-state index in [-0.39, 0.29) is 16.6 Å². The van der Waals surface area contributed by atoms with Crippen LogP contribution in [0, 0.1) is 5.82 Å². The van der Waals surface area contributed by atoms with E-state index in [1.807, 2.05) is 30.3 Å². The van der Waals surface area contributed by atoms with E-state index >= 15 is 0 Å². The first kappa shape index (κ1) is 32.5. The van der Waals surface area contributed by atoms with Gasteiger partial charge in [0.05, 0.1) is 5.02 Å². The van der Waals surface area contributed by atoms with Crippen molar-refractivity contribution < 1.29 is 18.8 Å². The smallest absolute Gasteiger partial charge is 0.272 e. The van der Waals surface area contributed by atoms with Crippen molar-refractivity contribution in [2.75, 3.05) is 10.6 Å². The highest BCUT2D eigenvalue weighted by atomic mass is 35.5. The molecule has 0 spiro atoms. The molecule has 0 aliphatic heterocycles. The van der Waals surface area contributed by atoms with Gasteiger partial charge in [-0.15, -0.1) is 11.8 Å². The van der Waals surface area contributed by atoms with E-state index in [9.17, 15) is 18.8 Å². The van der Waals surface area contributed by atoms with Crippen molar-refractivity contribution in [3.8, 4) is 0 Å². The maximum atomic E-state index is 13.6. The molecule has 230 valence electrons. The van der Waals surface area contributed by atoms with Gasteiger partial charge in [-0.05, 0) is 83.9 Å². The predicted octanol–water partition coefficient (Wildman–Crippen LogP) is 9.01. The molecule has 0 fully saturated rings. The number of thioether (sulfide) groups is 1. The average molecular weight is 671 g/mol. The molecular formula is C36H26Cl2FN3O3S. The summed E-state index contributed by atoms with van der Waals surface area (Å²) in [7, 11) is 0. The van der Waals surface area contributed by atoms with Gasteiger partial charge in [-0.3, -0.25) is 14.4 Å². The molecule has 0 aliphatic rings. The number of hydrogen-bond acceptors (Lipinski definition) is 4. The lowest BCUT2D eigenvalue weighted by Gasteiger charge is -2.18. The van der Waals surface area contributed by atoms with Gasteiger partial charge in [-0.1, -0.05) is 83.9 Å². The van der Waals surface area contributed by atoms with Gasteiger partial charge >= 0.3 is 0 Å². The molecule has 3 N–H and O–H groups in total. The van der Waals surface area contributed by atoms with E-state index in [1.165, 1.54) is 30.0 Å². The van der Waals surface area contributed by atoms with E-state index < -0.39 is 22.9 Å². The second kappa shape index (κ2) is 15.4. The molecular weight excluding hydrogens is 644 g/mol. The maximum absolute atomic E-state index is 13.6. The minimum atomic E-state index is -0.646. The fourth-order valence-electron chi connectivity index (χ4n) is 4.30. The van der Waals surface area contributed by atoms with Gasteiger partial charge in [0, 0.05) is 26.9 Å². The largest absolute Gasteiger partial charge is 0.325 e. The summed E-state index contributed by atoms with van der Waals surface area (Å²) >= 11 is 13.2. The van der Waals surface area contributed by atoms with E-state index in [0.717, 1.165) is 10.5 Å². The summed E-state index contributed by atoms with van der Waals surface area (Å²) in [5.41, 5.74) is 2.73. The second-order valence-electron chi connectivity index (χ2n) is 9.93. The predicted molar refractivity (Wildman–Crippen MR) is 183 cm³/mol. The van der Waals surface area contributed by atoms with Crippen LogP contribution in [0.3, 0.4) is 0 Å². The van der Waals surface area contributed by atoms with Crippen molar-refractivity contribution >= 4 is 70.1 Å². The van der Waals surface area contributed by atoms with Gasteiger partial charge < -0.3 is 16.0 Å². The molecule has 5 aromatic carbocycles. The molecule has 0 saturated carbocycles. The molecule has 0 bridgehead atoms. The molecule has 0 aromatic heterocycles. The zero-order valence-corrected chi connectivity index (χ0v) is 26.4. The lowest BCUT2D eigenvalue weighted by molar-refractivity contribution is -0.116. The lowest BCUT2D eigenvalue weighted by Crippen LogP contribution is -2.30. The normalized spacial score (nSPS) is 11.8.